The van der Waals surface area contributed by atoms with Gasteiger partial charge in [0.25, 0.3) is 0 Å². The van der Waals surface area contributed by atoms with Crippen LogP contribution in [0.5, 0.6) is 0 Å². The van der Waals surface area contributed by atoms with Crippen molar-refractivity contribution >= 4 is 5.95 Å². The average molecular weight is 188 g/mol. The number of hydrogen-bond acceptors (Lipinski definition) is 3. The minimum absolute atomic E-state index is 0.494. The van der Waals surface area contributed by atoms with Crippen LogP contribution >= 0.6 is 0 Å². The zero-order valence-electron chi connectivity index (χ0n) is 8.23. The number of pyridine rings is 1. The van der Waals surface area contributed by atoms with Gasteiger partial charge in [0.1, 0.15) is 0 Å². The van der Waals surface area contributed by atoms with Crippen molar-refractivity contribution in [3.05, 3.63) is 35.9 Å². The molecule has 0 unspecified atom stereocenters. The van der Waals surface area contributed by atoms with E-state index in [2.05, 4.69) is 9.97 Å². The van der Waals surface area contributed by atoms with Crippen molar-refractivity contribution < 1.29 is 0 Å². The molecule has 0 aliphatic carbocycles. The van der Waals surface area contributed by atoms with E-state index < -0.39 is 0 Å². The first-order chi connectivity index (χ1) is 6.66. The quantitative estimate of drug-likeness (QED) is 0.737. The average Bonchev–Trinajstić information content (AvgIpc) is 2.47. The number of imidazole rings is 1. The molecule has 4 nitrogen and oxygen atoms in total. The largest absolute Gasteiger partial charge is 0.369 e. The van der Waals surface area contributed by atoms with Crippen LogP contribution in [0.3, 0.4) is 0 Å². The summed E-state index contributed by atoms with van der Waals surface area (Å²) in [5, 5.41) is 0. The van der Waals surface area contributed by atoms with E-state index in [0.717, 1.165) is 17.1 Å². The van der Waals surface area contributed by atoms with Crippen molar-refractivity contribution in [1.82, 2.24) is 14.5 Å². The number of nitrogen functional groups attached to an aromatic ring is 1. The van der Waals surface area contributed by atoms with E-state index in [1.807, 2.05) is 36.7 Å². The molecule has 2 rings (SSSR count). The normalized spacial score (nSPS) is 10.4. The predicted octanol–water partition coefficient (Wildman–Crippen LogP) is 1.47. The van der Waals surface area contributed by atoms with Gasteiger partial charge in [-0.2, -0.15) is 0 Å². The van der Waals surface area contributed by atoms with E-state index in [4.69, 9.17) is 5.73 Å². The van der Waals surface area contributed by atoms with Crippen LogP contribution in [-0.2, 0) is 0 Å². The van der Waals surface area contributed by atoms with Crippen LogP contribution in [0, 0.1) is 13.8 Å². The van der Waals surface area contributed by atoms with Gasteiger partial charge in [0.15, 0.2) is 0 Å². The van der Waals surface area contributed by atoms with Crippen molar-refractivity contribution in [2.45, 2.75) is 13.8 Å². The molecule has 14 heavy (non-hydrogen) atoms. The summed E-state index contributed by atoms with van der Waals surface area (Å²) in [6.07, 6.45) is 3.68. The topological polar surface area (TPSA) is 56.7 Å². The molecule has 2 aromatic rings. The molecule has 0 saturated heterocycles. The fourth-order valence-electron chi connectivity index (χ4n) is 1.33. The summed E-state index contributed by atoms with van der Waals surface area (Å²) >= 11 is 0. The summed E-state index contributed by atoms with van der Waals surface area (Å²) in [6, 6.07) is 3.92. The van der Waals surface area contributed by atoms with E-state index in [1.54, 1.807) is 6.20 Å². The lowest BCUT2D eigenvalue weighted by Crippen LogP contribution is -2.00. The highest BCUT2D eigenvalue weighted by Crippen LogP contribution is 2.12. The van der Waals surface area contributed by atoms with Gasteiger partial charge >= 0.3 is 0 Å². The second kappa shape index (κ2) is 3.14. The summed E-state index contributed by atoms with van der Waals surface area (Å²) in [5.41, 5.74) is 8.57. The maximum Gasteiger partial charge on any atom is 0.205 e. The Morgan fingerprint density at radius 3 is 2.50 bits per heavy atom. The third kappa shape index (κ3) is 1.46. The Hall–Kier alpha value is -1.84. The standard InChI is InChI=1S/C10H12N4/c1-7-3-4-9(5-12-7)14-6-8(2)13-10(14)11/h3-6H,1-2H3,(H2,11,13). The highest BCUT2D eigenvalue weighted by atomic mass is 15.1. The van der Waals surface area contributed by atoms with Gasteiger partial charge in [-0.05, 0) is 26.0 Å². The molecule has 0 bridgehead atoms. The molecule has 2 aromatic heterocycles. The van der Waals surface area contributed by atoms with Gasteiger partial charge in [0.05, 0.1) is 17.6 Å². The van der Waals surface area contributed by atoms with Crippen LogP contribution in [0.15, 0.2) is 24.5 Å². The second-order valence-electron chi connectivity index (χ2n) is 3.27. The van der Waals surface area contributed by atoms with Crippen molar-refractivity contribution in [3.8, 4) is 5.69 Å². The Morgan fingerprint density at radius 2 is 2.00 bits per heavy atom. The highest BCUT2D eigenvalue weighted by molar-refractivity contribution is 5.38. The molecule has 0 atom stereocenters. The van der Waals surface area contributed by atoms with E-state index >= 15 is 0 Å². The van der Waals surface area contributed by atoms with Gasteiger partial charge in [-0.3, -0.25) is 9.55 Å². The summed E-state index contributed by atoms with van der Waals surface area (Å²) in [5.74, 6) is 0.494. The second-order valence-corrected chi connectivity index (χ2v) is 3.27. The van der Waals surface area contributed by atoms with Gasteiger partial charge in [-0.15, -0.1) is 0 Å². The van der Waals surface area contributed by atoms with Gasteiger partial charge in [0.2, 0.25) is 5.95 Å². The maximum atomic E-state index is 5.74. The third-order valence-corrected chi connectivity index (χ3v) is 2.03. The lowest BCUT2D eigenvalue weighted by Gasteiger charge is -2.03. The number of rotatable bonds is 1. The van der Waals surface area contributed by atoms with E-state index in [-0.39, 0.29) is 0 Å². The monoisotopic (exact) mass is 188 g/mol. The first-order valence-electron chi connectivity index (χ1n) is 4.41. The van der Waals surface area contributed by atoms with Crippen LogP contribution in [0.4, 0.5) is 5.95 Å². The molecule has 0 radical (unpaired) electrons. The Labute approximate surface area is 82.4 Å². The molecule has 0 amide bonds. The van der Waals surface area contributed by atoms with Crippen molar-refractivity contribution in [3.63, 3.8) is 0 Å². The molecule has 72 valence electrons. The SMILES string of the molecule is Cc1ccc(-n2cc(C)nc2N)cn1. The molecule has 0 saturated carbocycles. The molecule has 4 heteroatoms. The molecule has 0 aromatic carbocycles. The van der Waals surface area contributed by atoms with E-state index in [1.165, 1.54) is 0 Å². The van der Waals surface area contributed by atoms with Gasteiger partial charge in [-0.25, -0.2) is 4.98 Å². The van der Waals surface area contributed by atoms with Gasteiger partial charge in [-0.1, -0.05) is 0 Å². The smallest absolute Gasteiger partial charge is 0.205 e. The third-order valence-electron chi connectivity index (χ3n) is 2.03. The number of aromatic nitrogens is 3. The molecule has 0 aliphatic rings. The molecular weight excluding hydrogens is 176 g/mol. The maximum absolute atomic E-state index is 5.74. The Morgan fingerprint density at radius 1 is 1.21 bits per heavy atom. The minimum Gasteiger partial charge on any atom is -0.369 e. The van der Waals surface area contributed by atoms with Crippen LogP contribution in [0.1, 0.15) is 11.4 Å². The summed E-state index contributed by atoms with van der Waals surface area (Å²) < 4.78 is 1.82. The molecular formula is C10H12N4. The molecule has 2 N–H and O–H groups in total. The fraction of sp³-hybridized carbons (Fsp3) is 0.200. The molecule has 2 heterocycles. The zero-order valence-corrected chi connectivity index (χ0v) is 8.23. The van der Waals surface area contributed by atoms with Gasteiger partial charge in [0, 0.05) is 11.9 Å². The lowest BCUT2D eigenvalue weighted by molar-refractivity contribution is 1.04. The number of nitrogens with two attached hydrogens (primary N) is 1. The van der Waals surface area contributed by atoms with Crippen molar-refractivity contribution in [2.24, 2.45) is 0 Å². The summed E-state index contributed by atoms with van der Waals surface area (Å²) in [6.45, 7) is 3.86. The predicted molar refractivity (Wildman–Crippen MR) is 55.2 cm³/mol. The highest BCUT2D eigenvalue weighted by Gasteiger charge is 2.03. The van der Waals surface area contributed by atoms with Crippen molar-refractivity contribution in [1.29, 1.82) is 0 Å². The first kappa shape index (κ1) is 8.74. The Balaban J connectivity index is 2.49. The lowest BCUT2D eigenvalue weighted by atomic mass is 10.3. The number of hydrogen-bond donors (Lipinski definition) is 1. The van der Waals surface area contributed by atoms with Crippen LogP contribution < -0.4 is 5.73 Å². The first-order valence-corrected chi connectivity index (χ1v) is 4.41. The zero-order chi connectivity index (χ0) is 10.1. The fourth-order valence-corrected chi connectivity index (χ4v) is 1.33. The van der Waals surface area contributed by atoms with Crippen LogP contribution in [-0.4, -0.2) is 14.5 Å². The summed E-state index contributed by atoms with van der Waals surface area (Å²) in [7, 11) is 0. The Kier molecular flexibility index (Phi) is 1.96. The van der Waals surface area contributed by atoms with E-state index in [0.29, 0.717) is 5.95 Å². The molecule has 0 spiro atoms. The number of nitrogens with zero attached hydrogens (tertiary/aromatic N) is 3. The molecule has 0 aliphatic heterocycles. The van der Waals surface area contributed by atoms with E-state index in [9.17, 15) is 0 Å². The van der Waals surface area contributed by atoms with Crippen molar-refractivity contribution in [2.75, 3.05) is 5.73 Å². The number of anilines is 1. The number of aryl methyl sites for hydroxylation is 2. The van der Waals surface area contributed by atoms with Crippen LogP contribution in [0.2, 0.25) is 0 Å². The Bertz CT molecular complexity index is 442. The molecule has 0 fully saturated rings. The van der Waals surface area contributed by atoms with Crippen LogP contribution in [0.25, 0.3) is 5.69 Å². The minimum atomic E-state index is 0.494. The van der Waals surface area contributed by atoms with Gasteiger partial charge < -0.3 is 5.73 Å². The summed E-state index contributed by atoms with van der Waals surface area (Å²) in [4.78, 5) is 8.32.